The second-order valence-electron chi connectivity index (χ2n) is 17.5. The van der Waals surface area contributed by atoms with Gasteiger partial charge in [-0.1, -0.05) is 175 Å². The molecule has 1 atom stereocenters. The molecule has 1 aromatic rings. The molecule has 0 fully saturated rings. The summed E-state index contributed by atoms with van der Waals surface area (Å²) in [4.78, 5) is 42.2. The van der Waals surface area contributed by atoms with Gasteiger partial charge in [-0.2, -0.15) is 0 Å². The Morgan fingerprint density at radius 1 is 0.672 bits per heavy atom. The Bertz CT molecular complexity index is 1150. The van der Waals surface area contributed by atoms with Gasteiger partial charge in [-0.05, 0) is 77.9 Å². The van der Waals surface area contributed by atoms with E-state index in [1.807, 2.05) is 6.92 Å². The molecule has 3 N–H and O–H groups in total. The standard InChI is InChI=1S/C35H65N5O4.C15H32.C2H2/c1-4-5-6-7-8-15-20-28-44-33(42)23-17-12-10-14-19-25-39(24-18-13-9-11-16-22-31(2)41)26-21-27-40-30-38-34(32(40)3)35(43)37-29-36;1-4-6-8-10-12-14-15(3)13-11-9-7-5-2;1-2/h30H,4-29,36H2,1-3H3,(H,37,43);15H,4-14H2,1-3H3;1-2H. The highest BCUT2D eigenvalue weighted by Crippen LogP contribution is 2.18. The van der Waals surface area contributed by atoms with Crippen LogP contribution in [0, 0.1) is 25.7 Å². The van der Waals surface area contributed by atoms with Gasteiger partial charge in [0.15, 0.2) is 0 Å². The van der Waals surface area contributed by atoms with Crippen molar-refractivity contribution in [1.29, 1.82) is 0 Å². The predicted molar refractivity (Wildman–Crippen MR) is 261 cm³/mol. The van der Waals surface area contributed by atoms with Crippen molar-refractivity contribution in [3.05, 3.63) is 17.7 Å². The number of nitrogens with two attached hydrogens (primary N) is 1. The number of hydrogen-bond acceptors (Lipinski definition) is 7. The second kappa shape index (κ2) is 46.8. The molecule has 0 aliphatic heterocycles. The van der Waals surface area contributed by atoms with E-state index in [9.17, 15) is 14.4 Å². The van der Waals surface area contributed by atoms with Crippen LogP contribution in [-0.2, 0) is 20.9 Å². The molecule has 0 saturated carbocycles. The number of esters is 1. The van der Waals surface area contributed by atoms with Crippen LogP contribution in [0.2, 0.25) is 0 Å². The Balaban J connectivity index is 0. The van der Waals surface area contributed by atoms with Crippen LogP contribution in [0.5, 0.6) is 0 Å². The van der Waals surface area contributed by atoms with Crippen molar-refractivity contribution in [2.75, 3.05) is 32.9 Å². The molecule has 0 aliphatic carbocycles. The minimum Gasteiger partial charge on any atom is -0.466 e. The van der Waals surface area contributed by atoms with Gasteiger partial charge in [0.2, 0.25) is 0 Å². The van der Waals surface area contributed by atoms with E-state index >= 15 is 0 Å². The van der Waals surface area contributed by atoms with Gasteiger partial charge in [0.05, 0.1) is 19.6 Å². The summed E-state index contributed by atoms with van der Waals surface area (Å²) >= 11 is 0. The zero-order valence-corrected chi connectivity index (χ0v) is 41.0. The Morgan fingerprint density at radius 2 is 1.11 bits per heavy atom. The number of nitrogens with zero attached hydrogens (tertiary/aromatic N) is 3. The highest BCUT2D eigenvalue weighted by atomic mass is 16.5. The average molecular weight is 858 g/mol. The molecular formula is C52H99N5O4. The minimum atomic E-state index is -0.228. The van der Waals surface area contributed by atoms with Crippen molar-refractivity contribution in [1.82, 2.24) is 19.8 Å². The number of Topliss-reactive ketones (excluding diaryl/α,β-unsaturated/α-hetero) is 1. The van der Waals surface area contributed by atoms with Crippen molar-refractivity contribution in [2.24, 2.45) is 11.7 Å². The molecule has 61 heavy (non-hydrogen) atoms. The second-order valence-corrected chi connectivity index (χ2v) is 17.5. The van der Waals surface area contributed by atoms with Crippen LogP contribution >= 0.6 is 0 Å². The van der Waals surface area contributed by atoms with Crippen LogP contribution in [0.3, 0.4) is 0 Å². The first-order valence-electron chi connectivity index (χ1n) is 25.4. The third kappa shape index (κ3) is 39.9. The molecule has 0 radical (unpaired) electrons. The number of amides is 1. The van der Waals surface area contributed by atoms with Crippen LogP contribution in [-0.4, -0.2) is 65.0 Å². The third-order valence-corrected chi connectivity index (χ3v) is 11.7. The number of terminal acetylenes is 1. The number of hydrogen-bond donors (Lipinski definition) is 2. The van der Waals surface area contributed by atoms with Crippen molar-refractivity contribution >= 4 is 17.7 Å². The SMILES string of the molecule is C#C.CCCCCCCC(C)CCCCCC.CCCCCCCCCOC(=O)CCCCCCCN(CCCCCCCC(C)=O)CCCn1cnc(C(=O)NCN)c1C. The number of aryl methyl sites for hydroxylation is 1. The van der Waals surface area contributed by atoms with Gasteiger partial charge in [-0.25, -0.2) is 4.98 Å². The number of nitrogens with one attached hydrogen (secondary N) is 1. The normalized spacial score (nSPS) is 11.4. The van der Waals surface area contributed by atoms with E-state index in [4.69, 9.17) is 10.5 Å². The van der Waals surface area contributed by atoms with E-state index in [-0.39, 0.29) is 24.3 Å². The Hall–Kier alpha value is -2.70. The summed E-state index contributed by atoms with van der Waals surface area (Å²) < 4.78 is 7.47. The van der Waals surface area contributed by atoms with E-state index in [1.54, 1.807) is 13.3 Å². The minimum absolute atomic E-state index is 0.0382. The fourth-order valence-electron chi connectivity index (χ4n) is 7.72. The lowest BCUT2D eigenvalue weighted by Gasteiger charge is -2.22. The molecule has 356 valence electrons. The predicted octanol–water partition coefficient (Wildman–Crippen LogP) is 13.3. The fraction of sp³-hybridized carbons (Fsp3) is 0.846. The number of rotatable bonds is 41. The largest absolute Gasteiger partial charge is 0.466 e. The maximum Gasteiger partial charge on any atom is 0.305 e. The number of carbonyl (C=O) groups excluding carboxylic acids is 3. The highest BCUT2D eigenvalue weighted by molar-refractivity contribution is 5.93. The molecule has 0 saturated heterocycles. The maximum atomic E-state index is 12.1. The van der Waals surface area contributed by atoms with Crippen molar-refractivity contribution < 1.29 is 19.1 Å². The Morgan fingerprint density at radius 3 is 1.64 bits per heavy atom. The zero-order valence-electron chi connectivity index (χ0n) is 41.0. The quantitative estimate of drug-likeness (QED) is 0.0291. The summed E-state index contributed by atoms with van der Waals surface area (Å²) in [5, 5.41) is 2.62. The van der Waals surface area contributed by atoms with Gasteiger partial charge in [-0.15, -0.1) is 12.8 Å². The number of carbonyl (C=O) groups is 3. The molecule has 1 heterocycles. The number of unbranched alkanes of at least 4 members (excludes halogenated alkanes) is 21. The molecule has 0 aliphatic rings. The van der Waals surface area contributed by atoms with Gasteiger partial charge >= 0.3 is 5.97 Å². The first-order chi connectivity index (χ1) is 29.7. The zero-order chi connectivity index (χ0) is 45.6. The molecule has 0 spiro atoms. The molecule has 1 rings (SSSR count). The summed E-state index contributed by atoms with van der Waals surface area (Å²) in [7, 11) is 0. The van der Waals surface area contributed by atoms with Gasteiger partial charge in [0.25, 0.3) is 5.91 Å². The fourth-order valence-corrected chi connectivity index (χ4v) is 7.72. The lowest BCUT2D eigenvalue weighted by atomic mass is 9.96. The number of imidazole rings is 1. The summed E-state index contributed by atoms with van der Waals surface area (Å²) in [6, 6.07) is 0. The van der Waals surface area contributed by atoms with E-state index in [2.05, 4.69) is 60.3 Å². The Labute approximate surface area is 377 Å². The van der Waals surface area contributed by atoms with Crippen LogP contribution < -0.4 is 11.1 Å². The monoisotopic (exact) mass is 858 g/mol. The smallest absolute Gasteiger partial charge is 0.305 e. The number of ether oxygens (including phenoxy) is 1. The van der Waals surface area contributed by atoms with Crippen molar-refractivity contribution in [3.63, 3.8) is 0 Å². The topological polar surface area (TPSA) is 120 Å². The molecule has 9 nitrogen and oxygen atoms in total. The molecular weight excluding hydrogens is 759 g/mol. The van der Waals surface area contributed by atoms with E-state index < -0.39 is 0 Å². The molecule has 0 bridgehead atoms. The van der Waals surface area contributed by atoms with E-state index in [1.165, 1.54) is 128 Å². The molecule has 1 unspecified atom stereocenters. The first kappa shape index (κ1) is 60.4. The van der Waals surface area contributed by atoms with E-state index in [0.29, 0.717) is 25.1 Å². The number of aromatic nitrogens is 2. The van der Waals surface area contributed by atoms with Gasteiger partial charge in [0.1, 0.15) is 11.5 Å². The molecule has 1 aromatic heterocycles. The van der Waals surface area contributed by atoms with Crippen molar-refractivity contribution in [2.45, 2.75) is 247 Å². The summed E-state index contributed by atoms with van der Waals surface area (Å²) in [5.41, 5.74) is 6.76. The van der Waals surface area contributed by atoms with Crippen LogP contribution in [0.4, 0.5) is 0 Å². The van der Waals surface area contributed by atoms with E-state index in [0.717, 1.165) is 95.6 Å². The summed E-state index contributed by atoms with van der Waals surface area (Å²) in [6.07, 6.45) is 47.6. The van der Waals surface area contributed by atoms with Gasteiger partial charge in [-0.3, -0.25) is 9.59 Å². The average Bonchev–Trinajstić information content (AvgIpc) is 3.62. The lowest BCUT2D eigenvalue weighted by Crippen LogP contribution is -2.30. The number of ketones is 1. The summed E-state index contributed by atoms with van der Waals surface area (Å²) in [6.45, 7) is 17.5. The maximum absolute atomic E-state index is 12.1. The van der Waals surface area contributed by atoms with Crippen LogP contribution in [0.1, 0.15) is 250 Å². The van der Waals surface area contributed by atoms with Crippen LogP contribution in [0.25, 0.3) is 0 Å². The summed E-state index contributed by atoms with van der Waals surface area (Å²) in [5.74, 6) is 0.997. The molecule has 9 heteroatoms. The molecule has 0 aromatic carbocycles. The lowest BCUT2D eigenvalue weighted by molar-refractivity contribution is -0.143. The van der Waals surface area contributed by atoms with Gasteiger partial charge in [0, 0.05) is 25.1 Å². The van der Waals surface area contributed by atoms with Crippen LogP contribution in [0.15, 0.2) is 6.33 Å². The van der Waals surface area contributed by atoms with Crippen molar-refractivity contribution in [3.8, 4) is 12.8 Å². The first-order valence-corrected chi connectivity index (χ1v) is 25.4. The Kier molecular flexibility index (Phi) is 46.3. The molecule has 1 amide bonds. The third-order valence-electron chi connectivity index (χ3n) is 11.7. The highest BCUT2D eigenvalue weighted by Gasteiger charge is 2.14. The van der Waals surface area contributed by atoms with Gasteiger partial charge < -0.3 is 30.0 Å².